The van der Waals surface area contributed by atoms with Crippen LogP contribution in [0.15, 0.2) is 24.3 Å². The largest absolute Gasteiger partial charge is 0.394 e. The van der Waals surface area contributed by atoms with Crippen molar-refractivity contribution in [3.8, 4) is 0 Å². The first-order valence-corrected chi connectivity index (χ1v) is 6.97. The van der Waals surface area contributed by atoms with Crippen molar-refractivity contribution in [3.05, 3.63) is 35.6 Å². The minimum atomic E-state index is -0.498. The predicted molar refractivity (Wildman–Crippen MR) is 75.1 cm³/mol. The molecule has 2 atom stereocenters. The molecule has 114 valence electrons. The van der Waals surface area contributed by atoms with Gasteiger partial charge in [0.05, 0.1) is 19.2 Å². The lowest BCUT2D eigenvalue weighted by Crippen LogP contribution is -2.45. The molecule has 1 aliphatic rings. The number of benzene rings is 1. The molecule has 1 aromatic rings. The zero-order chi connectivity index (χ0) is 15.4. The second-order valence-corrected chi connectivity index (χ2v) is 5.30. The Bertz CT molecular complexity index is 535. The van der Waals surface area contributed by atoms with E-state index in [1.165, 1.54) is 18.2 Å². The van der Waals surface area contributed by atoms with E-state index in [1.807, 2.05) is 6.92 Å². The van der Waals surface area contributed by atoms with Crippen LogP contribution in [0, 0.1) is 11.7 Å². The topological polar surface area (TPSA) is 69.6 Å². The highest BCUT2D eigenvalue weighted by molar-refractivity contribution is 5.96. The average Bonchev–Trinajstić information content (AvgIpc) is 2.85. The molecule has 21 heavy (non-hydrogen) atoms. The number of aliphatic hydroxyl groups is 1. The van der Waals surface area contributed by atoms with Gasteiger partial charge in [0.2, 0.25) is 5.91 Å². The first-order valence-electron chi connectivity index (χ1n) is 6.97. The van der Waals surface area contributed by atoms with Gasteiger partial charge >= 0.3 is 0 Å². The van der Waals surface area contributed by atoms with Crippen molar-refractivity contribution in [1.82, 2.24) is 10.2 Å². The van der Waals surface area contributed by atoms with Gasteiger partial charge in [0.25, 0.3) is 5.91 Å². The standard InChI is InChI=1S/C15H19FN2O3/c1-10-5-6-18(13(10)9-19)14(20)8-17-15(21)11-3-2-4-12(16)7-11/h2-4,7,10,13,19H,5-6,8-9H2,1H3,(H,17,21). The number of rotatable bonds is 4. The summed E-state index contributed by atoms with van der Waals surface area (Å²) in [5.74, 6) is -0.973. The molecule has 5 nitrogen and oxygen atoms in total. The van der Waals surface area contributed by atoms with Gasteiger partial charge in [-0.2, -0.15) is 0 Å². The van der Waals surface area contributed by atoms with Gasteiger partial charge in [0, 0.05) is 12.1 Å². The number of carbonyl (C=O) groups excluding carboxylic acids is 2. The average molecular weight is 294 g/mol. The summed E-state index contributed by atoms with van der Waals surface area (Å²) in [6, 6.07) is 5.10. The summed E-state index contributed by atoms with van der Waals surface area (Å²) in [4.78, 5) is 25.5. The molecule has 0 radical (unpaired) electrons. The molecule has 2 rings (SSSR count). The maximum atomic E-state index is 13.0. The van der Waals surface area contributed by atoms with Crippen LogP contribution in [0.2, 0.25) is 0 Å². The van der Waals surface area contributed by atoms with Crippen molar-refractivity contribution in [2.75, 3.05) is 19.7 Å². The van der Waals surface area contributed by atoms with E-state index in [9.17, 15) is 19.1 Å². The number of likely N-dealkylation sites (tertiary alicyclic amines) is 1. The highest BCUT2D eigenvalue weighted by atomic mass is 19.1. The molecule has 0 aliphatic carbocycles. The third kappa shape index (κ3) is 3.58. The minimum absolute atomic E-state index is 0.0786. The van der Waals surface area contributed by atoms with E-state index >= 15 is 0 Å². The monoisotopic (exact) mass is 294 g/mol. The molecule has 1 fully saturated rings. The fraction of sp³-hybridized carbons (Fsp3) is 0.467. The summed E-state index contributed by atoms with van der Waals surface area (Å²) in [5.41, 5.74) is 0.177. The van der Waals surface area contributed by atoms with Crippen LogP contribution in [-0.4, -0.2) is 47.6 Å². The highest BCUT2D eigenvalue weighted by Crippen LogP contribution is 2.23. The van der Waals surface area contributed by atoms with E-state index in [2.05, 4.69) is 5.32 Å². The number of aliphatic hydroxyl groups excluding tert-OH is 1. The molecule has 1 saturated heterocycles. The Balaban J connectivity index is 1.91. The van der Waals surface area contributed by atoms with Crippen LogP contribution in [0.3, 0.4) is 0 Å². The maximum absolute atomic E-state index is 13.0. The van der Waals surface area contributed by atoms with Gasteiger partial charge in [-0.15, -0.1) is 0 Å². The third-order valence-electron chi connectivity index (χ3n) is 3.88. The number of nitrogens with zero attached hydrogens (tertiary/aromatic N) is 1. The summed E-state index contributed by atoms with van der Waals surface area (Å²) < 4.78 is 13.0. The first kappa shape index (κ1) is 15.4. The first-order chi connectivity index (χ1) is 10.0. The molecule has 2 unspecified atom stereocenters. The molecule has 6 heteroatoms. The zero-order valence-corrected chi connectivity index (χ0v) is 11.9. The normalized spacial score (nSPS) is 21.4. The van der Waals surface area contributed by atoms with Gasteiger partial charge in [-0.25, -0.2) is 4.39 Å². The molecule has 0 aromatic heterocycles. The Kier molecular flexibility index (Phi) is 4.90. The molecule has 1 heterocycles. The van der Waals surface area contributed by atoms with Crippen molar-refractivity contribution in [3.63, 3.8) is 0 Å². The van der Waals surface area contributed by atoms with E-state index in [0.717, 1.165) is 12.5 Å². The fourth-order valence-electron chi connectivity index (χ4n) is 2.59. The van der Waals surface area contributed by atoms with Crippen LogP contribution in [0.25, 0.3) is 0 Å². The van der Waals surface area contributed by atoms with Gasteiger partial charge in [-0.3, -0.25) is 9.59 Å². The lowest BCUT2D eigenvalue weighted by Gasteiger charge is -2.25. The number of amides is 2. The minimum Gasteiger partial charge on any atom is -0.394 e. The lowest BCUT2D eigenvalue weighted by molar-refractivity contribution is -0.132. The molecule has 0 saturated carbocycles. The van der Waals surface area contributed by atoms with Crippen molar-refractivity contribution >= 4 is 11.8 Å². The van der Waals surface area contributed by atoms with Crippen LogP contribution < -0.4 is 5.32 Å². The molecule has 2 amide bonds. The van der Waals surface area contributed by atoms with Crippen LogP contribution >= 0.6 is 0 Å². The lowest BCUT2D eigenvalue weighted by atomic mass is 10.0. The zero-order valence-electron chi connectivity index (χ0n) is 11.9. The van der Waals surface area contributed by atoms with Crippen molar-refractivity contribution in [2.24, 2.45) is 5.92 Å². The molecule has 2 N–H and O–H groups in total. The second kappa shape index (κ2) is 6.67. The summed E-state index contributed by atoms with van der Waals surface area (Å²) in [5, 5.41) is 11.8. The highest BCUT2D eigenvalue weighted by Gasteiger charge is 2.33. The molecule has 1 aliphatic heterocycles. The molecule has 1 aromatic carbocycles. The van der Waals surface area contributed by atoms with Crippen LogP contribution in [-0.2, 0) is 4.79 Å². The van der Waals surface area contributed by atoms with E-state index in [1.54, 1.807) is 4.90 Å². The Morgan fingerprint density at radius 1 is 1.48 bits per heavy atom. The maximum Gasteiger partial charge on any atom is 0.251 e. The fourth-order valence-corrected chi connectivity index (χ4v) is 2.59. The molecule has 0 spiro atoms. The van der Waals surface area contributed by atoms with E-state index in [-0.39, 0.29) is 36.6 Å². The number of hydrogen-bond acceptors (Lipinski definition) is 3. The van der Waals surface area contributed by atoms with Gasteiger partial charge in [-0.05, 0) is 30.5 Å². The summed E-state index contributed by atoms with van der Waals surface area (Å²) in [7, 11) is 0. The van der Waals surface area contributed by atoms with Gasteiger partial charge in [0.15, 0.2) is 0 Å². The van der Waals surface area contributed by atoms with E-state index < -0.39 is 11.7 Å². The summed E-state index contributed by atoms with van der Waals surface area (Å²) in [6.07, 6.45) is 0.842. The summed E-state index contributed by atoms with van der Waals surface area (Å²) >= 11 is 0. The second-order valence-electron chi connectivity index (χ2n) is 5.30. The Morgan fingerprint density at radius 2 is 2.24 bits per heavy atom. The van der Waals surface area contributed by atoms with E-state index in [4.69, 9.17) is 0 Å². The van der Waals surface area contributed by atoms with E-state index in [0.29, 0.717) is 6.54 Å². The van der Waals surface area contributed by atoms with Crippen LogP contribution in [0.5, 0.6) is 0 Å². The Hall–Kier alpha value is -1.95. The predicted octanol–water partition coefficient (Wildman–Crippen LogP) is 0.785. The van der Waals surface area contributed by atoms with Crippen LogP contribution in [0.4, 0.5) is 4.39 Å². The summed E-state index contributed by atoms with van der Waals surface area (Å²) in [6.45, 7) is 2.34. The van der Waals surface area contributed by atoms with Crippen molar-refractivity contribution < 1.29 is 19.1 Å². The van der Waals surface area contributed by atoms with Gasteiger partial charge in [0.1, 0.15) is 5.82 Å². The van der Waals surface area contributed by atoms with Gasteiger partial charge < -0.3 is 15.3 Å². The molecular formula is C15H19FN2O3. The number of carbonyl (C=O) groups is 2. The number of halogens is 1. The van der Waals surface area contributed by atoms with Crippen molar-refractivity contribution in [2.45, 2.75) is 19.4 Å². The number of hydrogen-bond donors (Lipinski definition) is 2. The molecule has 0 bridgehead atoms. The van der Waals surface area contributed by atoms with Gasteiger partial charge in [-0.1, -0.05) is 13.0 Å². The SMILES string of the molecule is CC1CCN(C(=O)CNC(=O)c2cccc(F)c2)C1CO. The number of nitrogens with one attached hydrogen (secondary N) is 1. The van der Waals surface area contributed by atoms with Crippen molar-refractivity contribution in [1.29, 1.82) is 0 Å². The third-order valence-corrected chi connectivity index (χ3v) is 3.88. The quantitative estimate of drug-likeness (QED) is 0.862. The molecular weight excluding hydrogens is 275 g/mol. The Labute approximate surface area is 122 Å². The van der Waals surface area contributed by atoms with Crippen LogP contribution in [0.1, 0.15) is 23.7 Å². The Morgan fingerprint density at radius 3 is 2.90 bits per heavy atom. The smallest absolute Gasteiger partial charge is 0.251 e.